The molecule has 2 nitrogen and oxygen atoms in total. The van der Waals surface area contributed by atoms with Crippen LogP contribution < -0.4 is 4.74 Å². The molecule has 2 aromatic carbocycles. The van der Waals surface area contributed by atoms with E-state index in [1.165, 1.54) is 57.6 Å². The Morgan fingerprint density at radius 1 is 0.762 bits per heavy atom. The molecule has 5 rings (SSSR count). The van der Waals surface area contributed by atoms with Crippen molar-refractivity contribution in [3.05, 3.63) is 70.3 Å². The lowest BCUT2D eigenvalue weighted by molar-refractivity contribution is 0.179. The third kappa shape index (κ3) is 6.90. The van der Waals surface area contributed by atoms with Crippen molar-refractivity contribution in [3.63, 3.8) is 0 Å². The normalized spacial score (nSPS) is 27.4. The fourth-order valence-electron chi connectivity index (χ4n) is 7.97. The molecule has 0 amide bonds. The van der Waals surface area contributed by atoms with E-state index in [-0.39, 0.29) is 17.2 Å². The topological polar surface area (TPSA) is 29.5 Å². The van der Waals surface area contributed by atoms with Crippen molar-refractivity contribution >= 4 is 5.57 Å². The molecule has 1 N–H and O–H groups in total. The molecule has 0 bridgehead atoms. The standard InChI is InChI=1S/C36H46F4O2/c1-3-42-32-21-20-31(35(39)36(32)40)28-16-14-26(15-17-28)25-10-6-23(7-11-25)4-5-24-8-12-27(13-9-24)30-19-18-29(22(2)41)33(37)34(30)38/h16,18-27,41H,3-15,17H2,1-2H3. The van der Waals surface area contributed by atoms with Gasteiger partial charge in [0.15, 0.2) is 23.2 Å². The zero-order valence-electron chi connectivity index (χ0n) is 25.1. The molecular formula is C36H46F4O2. The molecule has 230 valence electrons. The van der Waals surface area contributed by atoms with Crippen LogP contribution in [0.2, 0.25) is 0 Å². The molecule has 0 aliphatic heterocycles. The molecule has 6 heteroatoms. The zero-order valence-corrected chi connectivity index (χ0v) is 25.1. The van der Waals surface area contributed by atoms with E-state index in [1.54, 1.807) is 19.1 Å². The summed E-state index contributed by atoms with van der Waals surface area (Å²) in [5.41, 5.74) is 1.79. The summed E-state index contributed by atoms with van der Waals surface area (Å²) in [6.45, 7) is 3.51. The molecule has 2 aromatic rings. The van der Waals surface area contributed by atoms with E-state index in [0.29, 0.717) is 35.5 Å². The van der Waals surface area contributed by atoms with Crippen LogP contribution in [0, 0.1) is 46.9 Å². The van der Waals surface area contributed by atoms with Crippen molar-refractivity contribution in [1.29, 1.82) is 0 Å². The fraction of sp³-hybridized carbons (Fsp3) is 0.611. The molecule has 2 saturated carbocycles. The van der Waals surface area contributed by atoms with E-state index in [0.717, 1.165) is 56.4 Å². The van der Waals surface area contributed by atoms with Crippen molar-refractivity contribution in [2.75, 3.05) is 6.61 Å². The van der Waals surface area contributed by atoms with Gasteiger partial charge in [0, 0.05) is 11.1 Å². The Hall–Kier alpha value is -2.34. The molecule has 0 aromatic heterocycles. The van der Waals surface area contributed by atoms with E-state index in [4.69, 9.17) is 4.74 Å². The summed E-state index contributed by atoms with van der Waals surface area (Å²) in [5.74, 6) is -0.561. The van der Waals surface area contributed by atoms with Gasteiger partial charge in [-0.15, -0.1) is 0 Å². The Morgan fingerprint density at radius 3 is 2.02 bits per heavy atom. The quantitative estimate of drug-likeness (QED) is 0.296. The minimum Gasteiger partial charge on any atom is -0.491 e. The van der Waals surface area contributed by atoms with Gasteiger partial charge in [0.1, 0.15) is 0 Å². The largest absolute Gasteiger partial charge is 0.491 e. The molecule has 0 heterocycles. The molecule has 3 aliphatic rings. The highest BCUT2D eigenvalue weighted by Crippen LogP contribution is 2.44. The lowest BCUT2D eigenvalue weighted by Gasteiger charge is -2.36. The van der Waals surface area contributed by atoms with Gasteiger partial charge in [-0.1, -0.05) is 43.9 Å². The molecule has 2 unspecified atom stereocenters. The Balaban J connectivity index is 1.04. The van der Waals surface area contributed by atoms with Gasteiger partial charge < -0.3 is 9.84 Å². The van der Waals surface area contributed by atoms with Gasteiger partial charge in [0.05, 0.1) is 12.7 Å². The van der Waals surface area contributed by atoms with Crippen molar-refractivity contribution in [2.45, 2.75) is 109 Å². The molecule has 42 heavy (non-hydrogen) atoms. The summed E-state index contributed by atoms with van der Waals surface area (Å²) in [4.78, 5) is 0. The van der Waals surface area contributed by atoms with Gasteiger partial charge >= 0.3 is 0 Å². The number of aliphatic hydroxyl groups excluding tert-OH is 1. The molecular weight excluding hydrogens is 540 g/mol. The van der Waals surface area contributed by atoms with Gasteiger partial charge in [-0.25, -0.2) is 13.2 Å². The molecule has 3 aliphatic carbocycles. The molecule has 2 atom stereocenters. The summed E-state index contributed by atoms with van der Waals surface area (Å²) >= 11 is 0. The maximum Gasteiger partial charge on any atom is 0.201 e. The second-order valence-electron chi connectivity index (χ2n) is 13.1. The molecule has 0 saturated heterocycles. The number of ether oxygens (including phenoxy) is 1. The smallest absolute Gasteiger partial charge is 0.201 e. The number of rotatable bonds is 9. The highest BCUT2D eigenvalue weighted by atomic mass is 19.2. The van der Waals surface area contributed by atoms with Crippen molar-refractivity contribution < 1.29 is 27.4 Å². The van der Waals surface area contributed by atoms with Crippen LogP contribution in [0.3, 0.4) is 0 Å². The first-order valence-electron chi connectivity index (χ1n) is 16.2. The monoisotopic (exact) mass is 586 g/mol. The average Bonchev–Trinajstić information content (AvgIpc) is 3.00. The van der Waals surface area contributed by atoms with Crippen LogP contribution in [0.5, 0.6) is 5.75 Å². The highest BCUT2D eigenvalue weighted by Gasteiger charge is 2.31. The van der Waals surface area contributed by atoms with E-state index >= 15 is 0 Å². The lowest BCUT2D eigenvalue weighted by atomic mass is 9.69. The summed E-state index contributed by atoms with van der Waals surface area (Å²) in [5, 5.41) is 9.66. The van der Waals surface area contributed by atoms with E-state index in [9.17, 15) is 22.7 Å². The molecule has 0 radical (unpaired) electrons. The number of benzene rings is 2. The van der Waals surface area contributed by atoms with Crippen LogP contribution in [0.1, 0.15) is 126 Å². The number of aliphatic hydroxyl groups is 1. The van der Waals surface area contributed by atoms with E-state index in [2.05, 4.69) is 6.08 Å². The van der Waals surface area contributed by atoms with Gasteiger partial charge in [-0.3, -0.25) is 0 Å². The predicted octanol–water partition coefficient (Wildman–Crippen LogP) is 10.4. The Morgan fingerprint density at radius 2 is 1.43 bits per heavy atom. The summed E-state index contributed by atoms with van der Waals surface area (Å²) < 4.78 is 63.4. The average molecular weight is 587 g/mol. The Kier molecular flexibility index (Phi) is 10.3. The number of hydrogen-bond donors (Lipinski definition) is 1. The van der Waals surface area contributed by atoms with Crippen LogP contribution in [-0.2, 0) is 0 Å². The number of halogens is 4. The van der Waals surface area contributed by atoms with Gasteiger partial charge in [-0.2, -0.15) is 4.39 Å². The van der Waals surface area contributed by atoms with Crippen molar-refractivity contribution in [2.24, 2.45) is 23.7 Å². The third-order valence-electron chi connectivity index (χ3n) is 10.6. The SMILES string of the molecule is CCOc1ccc(C2=CCC(C3CCC(CCC4CCC(c5ccc(C(C)O)c(F)c5F)CC4)CC3)CC2)c(F)c1F. The maximum absolute atomic E-state index is 14.7. The number of hydrogen-bond acceptors (Lipinski definition) is 2. The highest BCUT2D eigenvalue weighted by molar-refractivity contribution is 5.67. The third-order valence-corrected chi connectivity index (χ3v) is 10.6. The van der Waals surface area contributed by atoms with E-state index in [1.807, 2.05) is 0 Å². The first-order valence-corrected chi connectivity index (χ1v) is 16.2. The molecule has 2 fully saturated rings. The summed E-state index contributed by atoms with van der Waals surface area (Å²) in [6.07, 6.45) is 15.3. The minimum atomic E-state index is -1.01. The van der Waals surface area contributed by atoms with Crippen molar-refractivity contribution in [3.8, 4) is 5.75 Å². The Labute approximate surface area is 248 Å². The first kappa shape index (κ1) is 31.1. The minimum absolute atomic E-state index is 0.0237. The predicted molar refractivity (Wildman–Crippen MR) is 159 cm³/mol. The summed E-state index contributed by atoms with van der Waals surface area (Å²) in [7, 11) is 0. The van der Waals surface area contributed by atoms with Crippen LogP contribution in [0.4, 0.5) is 17.6 Å². The maximum atomic E-state index is 14.7. The fourth-order valence-corrected chi connectivity index (χ4v) is 7.97. The zero-order chi connectivity index (χ0) is 29.8. The summed E-state index contributed by atoms with van der Waals surface area (Å²) in [6, 6.07) is 6.40. The van der Waals surface area contributed by atoms with Crippen LogP contribution in [0.25, 0.3) is 5.57 Å². The van der Waals surface area contributed by atoms with E-state index < -0.39 is 29.4 Å². The van der Waals surface area contributed by atoms with Gasteiger partial charge in [0.2, 0.25) is 5.82 Å². The Bertz CT molecular complexity index is 1240. The number of allylic oxidation sites excluding steroid dienone is 2. The first-order chi connectivity index (χ1) is 20.3. The van der Waals surface area contributed by atoms with Crippen LogP contribution >= 0.6 is 0 Å². The second-order valence-corrected chi connectivity index (χ2v) is 13.1. The lowest BCUT2D eigenvalue weighted by Crippen LogP contribution is -2.24. The molecule has 0 spiro atoms. The second kappa shape index (κ2) is 14.0. The van der Waals surface area contributed by atoms with Gasteiger partial charge in [0.25, 0.3) is 0 Å². The van der Waals surface area contributed by atoms with Crippen molar-refractivity contribution in [1.82, 2.24) is 0 Å². The van der Waals surface area contributed by atoms with Crippen LogP contribution in [0.15, 0.2) is 30.3 Å². The van der Waals surface area contributed by atoms with Gasteiger partial charge in [-0.05, 0) is 124 Å². The van der Waals surface area contributed by atoms with Crippen LogP contribution in [-0.4, -0.2) is 11.7 Å².